The van der Waals surface area contributed by atoms with Crippen molar-refractivity contribution in [1.29, 1.82) is 0 Å². The molecule has 0 aliphatic carbocycles. The molecule has 0 saturated heterocycles. The summed E-state index contributed by atoms with van der Waals surface area (Å²) < 4.78 is 16.5. The third-order valence-corrected chi connectivity index (χ3v) is 5.55. The Morgan fingerprint density at radius 2 is 1.83 bits per heavy atom. The average Bonchev–Trinajstić information content (AvgIpc) is 3.19. The Labute approximate surface area is 184 Å². The lowest BCUT2D eigenvalue weighted by Gasteiger charge is -2.10. The molecule has 0 radical (unpaired) electrons. The van der Waals surface area contributed by atoms with E-state index in [0.29, 0.717) is 15.5 Å². The van der Waals surface area contributed by atoms with Gasteiger partial charge >= 0.3 is 0 Å². The average molecular weight is 484 g/mol. The van der Waals surface area contributed by atoms with E-state index >= 15 is 0 Å². The van der Waals surface area contributed by atoms with Gasteiger partial charge in [0.15, 0.2) is 11.0 Å². The fourth-order valence-electron chi connectivity index (χ4n) is 2.77. The summed E-state index contributed by atoms with van der Waals surface area (Å²) in [7, 11) is 0. The summed E-state index contributed by atoms with van der Waals surface area (Å²) in [5, 5.41) is 11.7. The van der Waals surface area contributed by atoms with E-state index in [4.69, 9.17) is 0 Å². The molecule has 6 nitrogen and oxygen atoms in total. The summed E-state index contributed by atoms with van der Waals surface area (Å²) in [6.45, 7) is 0. The van der Waals surface area contributed by atoms with Gasteiger partial charge in [0.05, 0.1) is 11.4 Å². The molecule has 1 N–H and O–H groups in total. The maximum atomic E-state index is 14.0. The van der Waals surface area contributed by atoms with Crippen LogP contribution in [0.2, 0.25) is 0 Å². The predicted octanol–water partition coefficient (Wildman–Crippen LogP) is 4.96. The molecule has 0 aliphatic rings. The number of halogens is 2. The molecule has 0 unspecified atom stereocenters. The van der Waals surface area contributed by atoms with E-state index < -0.39 is 5.82 Å². The second kappa shape index (κ2) is 9.19. The van der Waals surface area contributed by atoms with Crippen molar-refractivity contribution in [2.24, 2.45) is 0 Å². The van der Waals surface area contributed by atoms with Gasteiger partial charge in [-0.2, -0.15) is 0 Å². The third-order valence-electron chi connectivity index (χ3n) is 4.12. The number of thioether (sulfide) groups is 1. The maximum absolute atomic E-state index is 14.0. The quantitative estimate of drug-likeness (QED) is 0.392. The number of amides is 1. The van der Waals surface area contributed by atoms with E-state index in [1.54, 1.807) is 18.5 Å². The monoisotopic (exact) mass is 483 g/mol. The molecule has 0 bridgehead atoms. The molecule has 4 aromatic rings. The highest BCUT2D eigenvalue weighted by atomic mass is 79.9. The molecule has 0 aliphatic heterocycles. The Balaban J connectivity index is 1.57. The summed E-state index contributed by atoms with van der Waals surface area (Å²) in [5.41, 5.74) is 1.86. The lowest BCUT2D eigenvalue weighted by Crippen LogP contribution is -2.15. The first-order valence-electron chi connectivity index (χ1n) is 8.91. The molecule has 4 rings (SSSR count). The van der Waals surface area contributed by atoms with Crippen LogP contribution in [0.4, 0.5) is 10.1 Å². The zero-order valence-electron chi connectivity index (χ0n) is 15.5. The van der Waals surface area contributed by atoms with E-state index in [0.717, 1.165) is 11.3 Å². The number of hydrogen-bond acceptors (Lipinski definition) is 5. The first-order valence-corrected chi connectivity index (χ1v) is 10.7. The summed E-state index contributed by atoms with van der Waals surface area (Å²) >= 11 is 4.42. The Morgan fingerprint density at radius 3 is 2.57 bits per heavy atom. The number of anilines is 1. The second-order valence-electron chi connectivity index (χ2n) is 6.17. The Bertz CT molecular complexity index is 1170. The maximum Gasteiger partial charge on any atom is 0.234 e. The highest BCUT2D eigenvalue weighted by Crippen LogP contribution is 2.28. The SMILES string of the molecule is O=C(CSc1nnc(-c2ccncc2)n1-c1ccccc1)Nc1ccc(Br)cc1F. The fraction of sp³-hybridized carbons (Fsp3) is 0.0476. The van der Waals surface area contributed by atoms with Gasteiger partial charge in [-0.05, 0) is 42.5 Å². The number of hydrogen-bond donors (Lipinski definition) is 1. The Morgan fingerprint density at radius 1 is 1.07 bits per heavy atom. The normalized spacial score (nSPS) is 10.7. The minimum absolute atomic E-state index is 0.0524. The molecule has 2 aromatic heterocycles. The van der Waals surface area contributed by atoms with Gasteiger partial charge in [-0.15, -0.1) is 10.2 Å². The number of nitrogens with zero attached hydrogens (tertiary/aromatic N) is 4. The van der Waals surface area contributed by atoms with Crippen molar-refractivity contribution in [3.8, 4) is 17.1 Å². The standard InChI is InChI=1S/C21H15BrFN5OS/c22-15-6-7-18(17(23)12-15)25-19(29)13-30-21-27-26-20(14-8-10-24-11-9-14)28(21)16-4-2-1-3-5-16/h1-12H,13H2,(H,25,29). The third kappa shape index (κ3) is 4.58. The molecule has 0 spiro atoms. The second-order valence-corrected chi connectivity index (χ2v) is 8.03. The van der Waals surface area contributed by atoms with Crippen LogP contribution in [-0.2, 0) is 4.79 Å². The highest BCUT2D eigenvalue weighted by molar-refractivity contribution is 9.10. The van der Waals surface area contributed by atoms with E-state index in [9.17, 15) is 9.18 Å². The Kier molecular flexibility index (Phi) is 6.20. The van der Waals surface area contributed by atoms with E-state index in [1.165, 1.54) is 23.9 Å². The van der Waals surface area contributed by atoms with E-state index in [1.807, 2.05) is 47.0 Å². The van der Waals surface area contributed by atoms with Gasteiger partial charge in [-0.3, -0.25) is 14.3 Å². The van der Waals surface area contributed by atoms with Crippen molar-refractivity contribution in [3.63, 3.8) is 0 Å². The Hall–Kier alpha value is -3.04. The first kappa shape index (κ1) is 20.2. The number of aromatic nitrogens is 4. The number of nitrogens with one attached hydrogen (secondary N) is 1. The number of carbonyl (C=O) groups excluding carboxylic acids is 1. The smallest absolute Gasteiger partial charge is 0.234 e. The molecule has 2 aromatic carbocycles. The van der Waals surface area contributed by atoms with Crippen LogP contribution in [0.1, 0.15) is 0 Å². The van der Waals surface area contributed by atoms with Crippen molar-refractivity contribution < 1.29 is 9.18 Å². The van der Waals surface area contributed by atoms with Crippen molar-refractivity contribution in [1.82, 2.24) is 19.7 Å². The van der Waals surface area contributed by atoms with E-state index in [2.05, 4.69) is 36.4 Å². The minimum Gasteiger partial charge on any atom is -0.323 e. The van der Waals surface area contributed by atoms with Crippen LogP contribution in [0.25, 0.3) is 17.1 Å². The summed E-state index contributed by atoms with van der Waals surface area (Å²) in [5.74, 6) is -0.147. The number of carbonyl (C=O) groups is 1. The summed E-state index contributed by atoms with van der Waals surface area (Å²) in [6, 6.07) is 17.8. The van der Waals surface area contributed by atoms with Gasteiger partial charge in [0, 0.05) is 28.1 Å². The van der Waals surface area contributed by atoms with Gasteiger partial charge in [0.1, 0.15) is 5.82 Å². The topological polar surface area (TPSA) is 72.7 Å². The van der Waals surface area contributed by atoms with Crippen LogP contribution >= 0.6 is 27.7 Å². The van der Waals surface area contributed by atoms with Gasteiger partial charge in [0.25, 0.3) is 0 Å². The van der Waals surface area contributed by atoms with Crippen LogP contribution in [0.5, 0.6) is 0 Å². The van der Waals surface area contributed by atoms with Gasteiger partial charge in [-0.25, -0.2) is 4.39 Å². The summed E-state index contributed by atoms with van der Waals surface area (Å²) in [6.07, 6.45) is 3.37. The van der Waals surface area contributed by atoms with Crippen molar-refractivity contribution in [2.45, 2.75) is 5.16 Å². The lowest BCUT2D eigenvalue weighted by atomic mass is 10.2. The molecular formula is C21H15BrFN5OS. The van der Waals surface area contributed by atoms with Crippen LogP contribution in [0, 0.1) is 5.82 Å². The van der Waals surface area contributed by atoms with Gasteiger partial charge < -0.3 is 5.32 Å². The van der Waals surface area contributed by atoms with Crippen LogP contribution in [0.15, 0.2) is 82.7 Å². The van der Waals surface area contributed by atoms with Crippen LogP contribution in [0.3, 0.4) is 0 Å². The molecule has 30 heavy (non-hydrogen) atoms. The van der Waals surface area contributed by atoms with Crippen molar-refractivity contribution >= 4 is 39.3 Å². The lowest BCUT2D eigenvalue weighted by molar-refractivity contribution is -0.113. The molecule has 0 saturated carbocycles. The number of pyridine rings is 1. The molecule has 9 heteroatoms. The predicted molar refractivity (Wildman–Crippen MR) is 118 cm³/mol. The van der Waals surface area contributed by atoms with Crippen LogP contribution < -0.4 is 5.32 Å². The first-order chi connectivity index (χ1) is 14.6. The number of benzene rings is 2. The number of rotatable bonds is 6. The van der Waals surface area contributed by atoms with Crippen molar-refractivity contribution in [3.05, 3.63) is 83.3 Å². The zero-order valence-corrected chi connectivity index (χ0v) is 17.9. The van der Waals surface area contributed by atoms with Crippen LogP contribution in [-0.4, -0.2) is 31.4 Å². The largest absolute Gasteiger partial charge is 0.323 e. The molecule has 150 valence electrons. The molecule has 0 atom stereocenters. The van der Waals surface area contributed by atoms with E-state index in [-0.39, 0.29) is 17.3 Å². The zero-order chi connectivity index (χ0) is 20.9. The van der Waals surface area contributed by atoms with Crippen molar-refractivity contribution in [2.75, 3.05) is 11.1 Å². The molecule has 0 fully saturated rings. The fourth-order valence-corrected chi connectivity index (χ4v) is 3.85. The molecular weight excluding hydrogens is 469 g/mol. The molecule has 1 amide bonds. The number of para-hydroxylation sites is 1. The van der Waals surface area contributed by atoms with Gasteiger partial charge in [-0.1, -0.05) is 45.9 Å². The highest BCUT2D eigenvalue weighted by Gasteiger charge is 2.17. The van der Waals surface area contributed by atoms with Gasteiger partial charge in [0.2, 0.25) is 5.91 Å². The summed E-state index contributed by atoms with van der Waals surface area (Å²) in [4.78, 5) is 16.4. The minimum atomic E-state index is -0.504. The molecule has 2 heterocycles.